The summed E-state index contributed by atoms with van der Waals surface area (Å²) >= 11 is 11.9. The van der Waals surface area contributed by atoms with E-state index in [9.17, 15) is 0 Å². The van der Waals surface area contributed by atoms with E-state index in [0.717, 1.165) is 16.8 Å². The zero-order valence-electron chi connectivity index (χ0n) is 10.5. The number of amidine groups is 1. The molecule has 2 aromatic rings. The molecule has 98 valence electrons. The van der Waals surface area contributed by atoms with Gasteiger partial charge in [0.15, 0.2) is 0 Å². The first kappa shape index (κ1) is 13.9. The highest BCUT2D eigenvalue weighted by Crippen LogP contribution is 2.23. The van der Waals surface area contributed by atoms with E-state index in [1.807, 2.05) is 49.4 Å². The lowest BCUT2D eigenvalue weighted by Crippen LogP contribution is -2.14. The molecule has 0 aliphatic carbocycles. The van der Waals surface area contributed by atoms with Crippen molar-refractivity contribution in [2.24, 2.45) is 10.7 Å². The van der Waals surface area contributed by atoms with Crippen LogP contribution in [-0.2, 0) is 6.42 Å². The van der Waals surface area contributed by atoms with Crippen LogP contribution in [0.3, 0.4) is 0 Å². The zero-order chi connectivity index (χ0) is 13.8. The maximum atomic E-state index is 5.97. The van der Waals surface area contributed by atoms with E-state index in [4.69, 9.17) is 28.9 Å². The molecular weight excluding hydrogens is 279 g/mol. The fourth-order valence-corrected chi connectivity index (χ4v) is 2.13. The van der Waals surface area contributed by atoms with Crippen LogP contribution in [-0.4, -0.2) is 5.84 Å². The van der Waals surface area contributed by atoms with Gasteiger partial charge in [0.05, 0.1) is 5.69 Å². The van der Waals surface area contributed by atoms with Crippen LogP contribution in [0.2, 0.25) is 10.0 Å². The minimum atomic E-state index is 0.535. The fraction of sp³-hybridized carbons (Fsp3) is 0.133. The van der Waals surface area contributed by atoms with Gasteiger partial charge in [-0.15, -0.1) is 0 Å². The van der Waals surface area contributed by atoms with E-state index in [1.54, 1.807) is 0 Å². The molecule has 19 heavy (non-hydrogen) atoms. The molecule has 0 spiro atoms. The highest BCUT2D eigenvalue weighted by Gasteiger charge is 2.01. The standard InChI is InChI=1S/C15H14Cl2N2/c1-10-5-6-13(17)9-14(10)19-15(18)8-11-3-2-4-12(16)7-11/h2-7,9H,8H2,1H3,(H2,18,19). The van der Waals surface area contributed by atoms with Gasteiger partial charge >= 0.3 is 0 Å². The molecule has 0 amide bonds. The van der Waals surface area contributed by atoms with Gasteiger partial charge in [-0.25, -0.2) is 4.99 Å². The maximum Gasteiger partial charge on any atom is 0.104 e. The summed E-state index contributed by atoms with van der Waals surface area (Å²) in [4.78, 5) is 4.41. The van der Waals surface area contributed by atoms with Crippen molar-refractivity contribution in [2.45, 2.75) is 13.3 Å². The molecule has 2 N–H and O–H groups in total. The van der Waals surface area contributed by atoms with Crippen molar-refractivity contribution in [1.29, 1.82) is 0 Å². The first-order valence-corrected chi connectivity index (χ1v) is 6.64. The zero-order valence-corrected chi connectivity index (χ0v) is 12.0. The molecule has 0 fully saturated rings. The molecule has 0 heterocycles. The summed E-state index contributed by atoms with van der Waals surface area (Å²) in [6.07, 6.45) is 0.562. The van der Waals surface area contributed by atoms with Crippen molar-refractivity contribution in [1.82, 2.24) is 0 Å². The quantitative estimate of drug-likeness (QED) is 0.655. The van der Waals surface area contributed by atoms with Crippen LogP contribution in [0.25, 0.3) is 0 Å². The average molecular weight is 293 g/mol. The Morgan fingerprint density at radius 3 is 2.58 bits per heavy atom. The van der Waals surface area contributed by atoms with E-state index in [2.05, 4.69) is 4.99 Å². The molecule has 2 aromatic carbocycles. The van der Waals surface area contributed by atoms with Crippen molar-refractivity contribution in [3.05, 3.63) is 63.6 Å². The predicted octanol–water partition coefficient (Wildman–Crippen LogP) is 4.53. The van der Waals surface area contributed by atoms with Gasteiger partial charge in [-0.05, 0) is 42.3 Å². The molecule has 0 aromatic heterocycles. The average Bonchev–Trinajstić information content (AvgIpc) is 2.34. The third-order valence-corrected chi connectivity index (χ3v) is 3.18. The highest BCUT2D eigenvalue weighted by molar-refractivity contribution is 6.31. The third kappa shape index (κ3) is 3.98. The first-order chi connectivity index (χ1) is 9.04. The van der Waals surface area contributed by atoms with Crippen molar-refractivity contribution in [2.75, 3.05) is 0 Å². The van der Waals surface area contributed by atoms with Gasteiger partial charge in [0.2, 0.25) is 0 Å². The molecule has 0 saturated heterocycles. The highest BCUT2D eigenvalue weighted by atomic mass is 35.5. The Balaban J connectivity index is 2.21. The predicted molar refractivity (Wildman–Crippen MR) is 82.6 cm³/mol. The number of rotatable bonds is 3. The third-order valence-electron chi connectivity index (χ3n) is 2.71. The van der Waals surface area contributed by atoms with Gasteiger partial charge in [0.25, 0.3) is 0 Å². The second kappa shape index (κ2) is 6.09. The Bertz CT molecular complexity index is 621. The molecule has 0 bridgehead atoms. The first-order valence-electron chi connectivity index (χ1n) is 5.88. The Kier molecular flexibility index (Phi) is 4.46. The number of hydrogen-bond acceptors (Lipinski definition) is 1. The van der Waals surface area contributed by atoms with E-state index in [-0.39, 0.29) is 0 Å². The number of nitrogens with two attached hydrogens (primary N) is 1. The van der Waals surface area contributed by atoms with Gasteiger partial charge in [-0.2, -0.15) is 0 Å². The molecule has 0 unspecified atom stereocenters. The van der Waals surface area contributed by atoms with Crippen LogP contribution in [0.1, 0.15) is 11.1 Å². The summed E-state index contributed by atoms with van der Waals surface area (Å²) in [5.74, 6) is 0.535. The molecule has 0 aliphatic rings. The number of benzene rings is 2. The summed E-state index contributed by atoms with van der Waals surface area (Å²) in [7, 11) is 0. The number of halogens is 2. The van der Waals surface area contributed by atoms with Crippen molar-refractivity contribution in [3.8, 4) is 0 Å². The van der Waals surface area contributed by atoms with E-state index >= 15 is 0 Å². The SMILES string of the molecule is Cc1ccc(Cl)cc1N=C(N)Cc1cccc(Cl)c1. The summed E-state index contributed by atoms with van der Waals surface area (Å²) in [5, 5.41) is 1.35. The van der Waals surface area contributed by atoms with E-state index in [1.165, 1.54) is 0 Å². The maximum absolute atomic E-state index is 5.97. The smallest absolute Gasteiger partial charge is 0.104 e. The molecule has 0 atom stereocenters. The minimum Gasteiger partial charge on any atom is -0.387 e. The molecule has 4 heteroatoms. The lowest BCUT2D eigenvalue weighted by atomic mass is 10.1. The Morgan fingerprint density at radius 1 is 1.11 bits per heavy atom. The van der Waals surface area contributed by atoms with Crippen LogP contribution >= 0.6 is 23.2 Å². The van der Waals surface area contributed by atoms with E-state index < -0.39 is 0 Å². The summed E-state index contributed by atoms with van der Waals surface area (Å²) < 4.78 is 0. The normalized spacial score (nSPS) is 11.6. The number of aliphatic imine (C=N–C) groups is 1. The minimum absolute atomic E-state index is 0.535. The molecule has 0 radical (unpaired) electrons. The Labute approximate surface area is 122 Å². The lowest BCUT2D eigenvalue weighted by molar-refractivity contribution is 1.26. The topological polar surface area (TPSA) is 38.4 Å². The molecular formula is C15H14Cl2N2. The molecule has 0 saturated carbocycles. The molecule has 2 nitrogen and oxygen atoms in total. The van der Waals surface area contributed by atoms with Gasteiger partial charge in [0.1, 0.15) is 5.84 Å². The summed E-state index contributed by atoms with van der Waals surface area (Å²) in [5.41, 5.74) is 8.84. The second-order valence-electron chi connectivity index (χ2n) is 4.34. The van der Waals surface area contributed by atoms with Gasteiger partial charge in [-0.1, -0.05) is 41.4 Å². The van der Waals surface area contributed by atoms with Crippen LogP contribution in [0.4, 0.5) is 5.69 Å². The van der Waals surface area contributed by atoms with Crippen LogP contribution in [0, 0.1) is 6.92 Å². The van der Waals surface area contributed by atoms with Crippen LogP contribution < -0.4 is 5.73 Å². The van der Waals surface area contributed by atoms with Gasteiger partial charge in [-0.3, -0.25) is 0 Å². The Hall–Kier alpha value is -1.51. The number of nitrogens with zero attached hydrogens (tertiary/aromatic N) is 1. The van der Waals surface area contributed by atoms with Gasteiger partial charge < -0.3 is 5.73 Å². The monoisotopic (exact) mass is 292 g/mol. The molecule has 0 aliphatic heterocycles. The van der Waals surface area contributed by atoms with Crippen LogP contribution in [0.15, 0.2) is 47.5 Å². The number of aryl methyl sites for hydroxylation is 1. The van der Waals surface area contributed by atoms with Crippen molar-refractivity contribution >= 4 is 34.7 Å². The fourth-order valence-electron chi connectivity index (χ4n) is 1.75. The lowest BCUT2D eigenvalue weighted by Gasteiger charge is -2.05. The van der Waals surface area contributed by atoms with Gasteiger partial charge in [0, 0.05) is 16.5 Å². The molecule has 2 rings (SSSR count). The largest absolute Gasteiger partial charge is 0.387 e. The van der Waals surface area contributed by atoms with E-state index in [0.29, 0.717) is 22.3 Å². The van der Waals surface area contributed by atoms with Crippen molar-refractivity contribution < 1.29 is 0 Å². The second-order valence-corrected chi connectivity index (χ2v) is 5.21. The summed E-state index contributed by atoms with van der Waals surface area (Å²) in [6, 6.07) is 13.2. The number of hydrogen-bond donors (Lipinski definition) is 1. The van der Waals surface area contributed by atoms with Crippen molar-refractivity contribution in [3.63, 3.8) is 0 Å². The van der Waals surface area contributed by atoms with Crippen LogP contribution in [0.5, 0.6) is 0 Å². The summed E-state index contributed by atoms with van der Waals surface area (Å²) in [6.45, 7) is 1.97. The Morgan fingerprint density at radius 2 is 1.84 bits per heavy atom.